The molecule has 0 bridgehead atoms. The zero-order chi connectivity index (χ0) is 7.84. The minimum absolute atomic E-state index is 0.578. The summed E-state index contributed by atoms with van der Waals surface area (Å²) in [5.74, 6) is 0.578. The monoisotopic (exact) mass is 277 g/mol. The summed E-state index contributed by atoms with van der Waals surface area (Å²) in [7, 11) is 0. The number of thiophene rings is 1. The van der Waals surface area contributed by atoms with E-state index in [4.69, 9.17) is 5.73 Å². The van der Waals surface area contributed by atoms with E-state index in [0.29, 0.717) is 9.65 Å². The fourth-order valence-electron chi connectivity index (χ4n) is 0.857. The molecule has 0 radical (unpaired) electrons. The molecule has 3 nitrogen and oxygen atoms in total. The molecule has 0 unspecified atom stereocenters. The topological polar surface area (TPSA) is 51.8 Å². The van der Waals surface area contributed by atoms with Crippen molar-refractivity contribution in [2.45, 2.75) is 0 Å². The van der Waals surface area contributed by atoms with E-state index in [-0.39, 0.29) is 0 Å². The SMILES string of the molecule is Nc1nc(I)nc2ccsc12. The van der Waals surface area contributed by atoms with Crippen LogP contribution >= 0.6 is 33.9 Å². The van der Waals surface area contributed by atoms with Crippen LogP contribution in [0.2, 0.25) is 0 Å². The second-order valence-electron chi connectivity index (χ2n) is 2.01. The minimum atomic E-state index is 0.578. The van der Waals surface area contributed by atoms with Crippen LogP contribution in [0.1, 0.15) is 0 Å². The number of hydrogen-bond donors (Lipinski definition) is 1. The molecule has 2 heterocycles. The van der Waals surface area contributed by atoms with Gasteiger partial charge in [-0.05, 0) is 11.4 Å². The molecule has 2 aromatic heterocycles. The van der Waals surface area contributed by atoms with Crippen molar-refractivity contribution in [2.24, 2.45) is 0 Å². The van der Waals surface area contributed by atoms with Gasteiger partial charge >= 0.3 is 0 Å². The van der Waals surface area contributed by atoms with E-state index in [1.807, 2.05) is 11.4 Å². The number of nitrogen functional groups attached to an aromatic ring is 1. The molecule has 0 saturated carbocycles. The summed E-state index contributed by atoms with van der Waals surface area (Å²) in [6.07, 6.45) is 0. The molecule has 0 amide bonds. The van der Waals surface area contributed by atoms with E-state index in [9.17, 15) is 0 Å². The van der Waals surface area contributed by atoms with Gasteiger partial charge in [0.15, 0.2) is 3.83 Å². The van der Waals surface area contributed by atoms with Crippen LogP contribution in [0.4, 0.5) is 5.82 Å². The van der Waals surface area contributed by atoms with Gasteiger partial charge in [0.1, 0.15) is 5.82 Å². The molecule has 2 aromatic rings. The van der Waals surface area contributed by atoms with E-state index >= 15 is 0 Å². The Balaban J connectivity index is 2.91. The standard InChI is InChI=1S/C6H4IN3S/c7-6-9-3-1-2-11-4(3)5(8)10-6/h1-2H,(H2,8,9,10). The lowest BCUT2D eigenvalue weighted by molar-refractivity contribution is 1.17. The number of fused-ring (bicyclic) bond motifs is 1. The van der Waals surface area contributed by atoms with Crippen molar-refractivity contribution in [1.29, 1.82) is 0 Å². The fourth-order valence-corrected chi connectivity index (χ4v) is 2.11. The molecule has 0 atom stereocenters. The highest BCUT2D eigenvalue weighted by atomic mass is 127. The van der Waals surface area contributed by atoms with Gasteiger partial charge in [-0.3, -0.25) is 0 Å². The Morgan fingerprint density at radius 2 is 2.27 bits per heavy atom. The molecule has 0 aliphatic rings. The molecule has 0 aromatic carbocycles. The summed E-state index contributed by atoms with van der Waals surface area (Å²) in [5, 5.41) is 1.96. The van der Waals surface area contributed by atoms with Gasteiger partial charge in [0.05, 0.1) is 10.2 Å². The third-order valence-electron chi connectivity index (χ3n) is 1.30. The zero-order valence-corrected chi connectivity index (χ0v) is 8.39. The number of hydrogen-bond acceptors (Lipinski definition) is 4. The van der Waals surface area contributed by atoms with Crippen LogP contribution in [-0.4, -0.2) is 9.97 Å². The maximum atomic E-state index is 5.66. The maximum absolute atomic E-state index is 5.66. The second-order valence-corrected chi connectivity index (χ2v) is 3.89. The molecule has 5 heteroatoms. The lowest BCUT2D eigenvalue weighted by atomic mass is 10.4. The summed E-state index contributed by atoms with van der Waals surface area (Å²) in [6.45, 7) is 0. The molecule has 2 N–H and O–H groups in total. The summed E-state index contributed by atoms with van der Waals surface area (Å²) < 4.78 is 1.68. The van der Waals surface area contributed by atoms with Gasteiger partial charge in [-0.1, -0.05) is 0 Å². The maximum Gasteiger partial charge on any atom is 0.193 e. The number of nitrogens with zero attached hydrogens (tertiary/aromatic N) is 2. The number of anilines is 1. The molecular formula is C6H4IN3S. The van der Waals surface area contributed by atoms with E-state index in [2.05, 4.69) is 32.6 Å². The van der Waals surface area contributed by atoms with Gasteiger partial charge in [0.2, 0.25) is 0 Å². The Bertz CT molecular complexity index is 398. The van der Waals surface area contributed by atoms with Crippen molar-refractivity contribution < 1.29 is 0 Å². The van der Waals surface area contributed by atoms with Gasteiger partial charge in [0, 0.05) is 22.6 Å². The normalized spacial score (nSPS) is 10.6. The van der Waals surface area contributed by atoms with E-state index in [0.717, 1.165) is 10.2 Å². The second kappa shape index (κ2) is 2.56. The Kier molecular flexibility index (Phi) is 1.68. The molecule has 2 rings (SSSR count). The third kappa shape index (κ3) is 1.18. The first-order chi connectivity index (χ1) is 5.27. The van der Waals surface area contributed by atoms with Crippen molar-refractivity contribution in [1.82, 2.24) is 9.97 Å². The van der Waals surface area contributed by atoms with Crippen molar-refractivity contribution >= 4 is 50.0 Å². The van der Waals surface area contributed by atoms with Gasteiger partial charge in [0.25, 0.3) is 0 Å². The lowest BCUT2D eigenvalue weighted by Gasteiger charge is -1.94. The highest BCUT2D eigenvalue weighted by Gasteiger charge is 2.02. The summed E-state index contributed by atoms with van der Waals surface area (Å²) in [6, 6.07) is 1.94. The average Bonchev–Trinajstić information content (AvgIpc) is 2.34. The Labute approximate surface area is 80.8 Å². The Hall–Kier alpha value is -0.430. The van der Waals surface area contributed by atoms with Crippen LogP contribution in [-0.2, 0) is 0 Å². The number of rotatable bonds is 0. The summed E-state index contributed by atoms with van der Waals surface area (Å²) >= 11 is 3.62. The van der Waals surface area contributed by atoms with E-state index < -0.39 is 0 Å². The van der Waals surface area contributed by atoms with Crippen LogP contribution in [0, 0.1) is 3.83 Å². The van der Waals surface area contributed by atoms with Crippen molar-refractivity contribution in [3.8, 4) is 0 Å². The molecule has 11 heavy (non-hydrogen) atoms. The van der Waals surface area contributed by atoms with Crippen molar-refractivity contribution in [3.63, 3.8) is 0 Å². The molecular weight excluding hydrogens is 273 g/mol. The van der Waals surface area contributed by atoms with Crippen molar-refractivity contribution in [2.75, 3.05) is 5.73 Å². The Morgan fingerprint density at radius 1 is 1.45 bits per heavy atom. The zero-order valence-electron chi connectivity index (χ0n) is 5.41. The first-order valence-corrected chi connectivity index (χ1v) is 4.89. The summed E-state index contributed by atoms with van der Waals surface area (Å²) in [4.78, 5) is 8.24. The first-order valence-electron chi connectivity index (χ1n) is 2.93. The van der Waals surface area contributed by atoms with Crippen LogP contribution < -0.4 is 5.73 Å². The predicted molar refractivity (Wildman–Crippen MR) is 54.5 cm³/mol. The average molecular weight is 277 g/mol. The smallest absolute Gasteiger partial charge is 0.193 e. The van der Waals surface area contributed by atoms with Gasteiger partial charge in [-0.15, -0.1) is 11.3 Å². The molecule has 0 aliphatic carbocycles. The van der Waals surface area contributed by atoms with Crippen LogP contribution in [0.15, 0.2) is 11.4 Å². The lowest BCUT2D eigenvalue weighted by Crippen LogP contribution is -1.94. The molecule has 0 spiro atoms. The number of aromatic nitrogens is 2. The van der Waals surface area contributed by atoms with Gasteiger partial charge < -0.3 is 5.73 Å². The predicted octanol–water partition coefficient (Wildman–Crippen LogP) is 1.88. The highest BCUT2D eigenvalue weighted by molar-refractivity contribution is 14.1. The molecule has 0 aliphatic heterocycles. The van der Waals surface area contributed by atoms with Gasteiger partial charge in [-0.2, -0.15) is 0 Å². The molecule has 0 fully saturated rings. The minimum Gasteiger partial charge on any atom is -0.382 e. The largest absolute Gasteiger partial charge is 0.382 e. The van der Waals surface area contributed by atoms with Gasteiger partial charge in [-0.25, -0.2) is 9.97 Å². The number of halogens is 1. The number of nitrogens with two attached hydrogens (primary N) is 1. The third-order valence-corrected chi connectivity index (χ3v) is 2.71. The quantitative estimate of drug-likeness (QED) is 0.591. The molecule has 56 valence electrons. The van der Waals surface area contributed by atoms with Crippen LogP contribution in [0.25, 0.3) is 10.2 Å². The summed E-state index contributed by atoms with van der Waals surface area (Å²) in [5.41, 5.74) is 6.59. The molecule has 0 saturated heterocycles. The van der Waals surface area contributed by atoms with Crippen molar-refractivity contribution in [3.05, 3.63) is 15.3 Å². The van der Waals surface area contributed by atoms with E-state index in [1.165, 1.54) is 0 Å². The van der Waals surface area contributed by atoms with Crippen LogP contribution in [0.3, 0.4) is 0 Å². The first kappa shape index (κ1) is 7.23. The highest BCUT2D eigenvalue weighted by Crippen LogP contribution is 2.23. The fraction of sp³-hybridized carbons (Fsp3) is 0. The Morgan fingerprint density at radius 3 is 3.09 bits per heavy atom. The van der Waals surface area contributed by atoms with E-state index in [1.54, 1.807) is 11.3 Å². The van der Waals surface area contributed by atoms with Crippen LogP contribution in [0.5, 0.6) is 0 Å².